The van der Waals surface area contributed by atoms with E-state index < -0.39 is 12.2 Å². The van der Waals surface area contributed by atoms with E-state index >= 15 is 0 Å². The minimum atomic E-state index is -0.933. The molecule has 0 bridgehead atoms. The number of ketones is 1. The third kappa shape index (κ3) is 1.98. The van der Waals surface area contributed by atoms with E-state index in [1.54, 1.807) is 0 Å². The largest absolute Gasteiger partial charge is 0.393 e. The Morgan fingerprint density at radius 2 is 1.78 bits per heavy atom. The number of carbonyl (C=O) groups is 1. The van der Waals surface area contributed by atoms with Crippen molar-refractivity contribution >= 4 is 5.78 Å². The van der Waals surface area contributed by atoms with E-state index in [1.807, 2.05) is 0 Å². The molecule has 0 amide bonds. The molecule has 4 nitrogen and oxygen atoms in total. The number of hydrogen-bond donors (Lipinski definition) is 3. The number of carbonyl (C=O) groups excluding carboxylic acids is 1. The minimum absolute atomic E-state index is 0.0262. The van der Waals surface area contributed by atoms with Gasteiger partial charge >= 0.3 is 0 Å². The molecule has 0 spiro atoms. The lowest BCUT2D eigenvalue weighted by Crippen LogP contribution is -2.56. The van der Waals surface area contributed by atoms with Crippen LogP contribution in [0.2, 0.25) is 0 Å². The maximum atomic E-state index is 11.9. The number of fused-ring (bicyclic) bond motifs is 5. The summed E-state index contributed by atoms with van der Waals surface area (Å²) in [4.78, 5) is 11.9. The zero-order chi connectivity index (χ0) is 16.6. The van der Waals surface area contributed by atoms with Gasteiger partial charge < -0.3 is 15.3 Å². The molecule has 3 fully saturated rings. The van der Waals surface area contributed by atoms with Crippen LogP contribution in [-0.2, 0) is 4.79 Å². The summed E-state index contributed by atoms with van der Waals surface area (Å²) in [6, 6.07) is 0. The van der Waals surface area contributed by atoms with Crippen LogP contribution in [0.3, 0.4) is 0 Å². The SMILES string of the molecule is C[C@]12CCC3[C@@H](C[C@@H](O)C4=CC(=O)[C@@H](O)C[C@@]43C)[C@@H]1CC[C@@H]2O. The first kappa shape index (κ1) is 15.8. The van der Waals surface area contributed by atoms with Gasteiger partial charge in [-0.25, -0.2) is 0 Å². The lowest BCUT2D eigenvalue weighted by Gasteiger charge is -2.59. The van der Waals surface area contributed by atoms with Gasteiger partial charge in [-0.05, 0) is 78.8 Å². The second-order valence-corrected chi connectivity index (χ2v) is 8.91. The maximum Gasteiger partial charge on any atom is 0.184 e. The molecular weight excluding hydrogens is 292 g/mol. The van der Waals surface area contributed by atoms with E-state index in [2.05, 4.69) is 13.8 Å². The van der Waals surface area contributed by atoms with Gasteiger partial charge in [0, 0.05) is 0 Å². The van der Waals surface area contributed by atoms with Crippen molar-refractivity contribution in [1.29, 1.82) is 0 Å². The van der Waals surface area contributed by atoms with Crippen LogP contribution in [0.1, 0.15) is 52.4 Å². The molecule has 0 saturated heterocycles. The molecule has 1 unspecified atom stereocenters. The van der Waals surface area contributed by atoms with Gasteiger partial charge in [-0.2, -0.15) is 0 Å². The zero-order valence-electron chi connectivity index (χ0n) is 14.0. The van der Waals surface area contributed by atoms with E-state index in [-0.39, 0.29) is 22.7 Å². The van der Waals surface area contributed by atoms with Crippen LogP contribution in [-0.4, -0.2) is 39.4 Å². The van der Waals surface area contributed by atoms with Crippen LogP contribution in [0.15, 0.2) is 11.6 Å². The van der Waals surface area contributed by atoms with Gasteiger partial charge in [0.25, 0.3) is 0 Å². The molecule has 0 heterocycles. The molecular formula is C19H28O4. The van der Waals surface area contributed by atoms with Gasteiger partial charge in [-0.15, -0.1) is 0 Å². The molecule has 0 aliphatic heterocycles. The molecule has 8 atom stereocenters. The maximum absolute atomic E-state index is 11.9. The van der Waals surface area contributed by atoms with Gasteiger partial charge in [0.2, 0.25) is 0 Å². The summed E-state index contributed by atoms with van der Waals surface area (Å²) in [6.45, 7) is 4.34. The molecule has 0 radical (unpaired) electrons. The Hall–Kier alpha value is -0.710. The zero-order valence-corrected chi connectivity index (χ0v) is 14.0. The quantitative estimate of drug-likeness (QED) is 0.636. The molecule has 4 aliphatic carbocycles. The van der Waals surface area contributed by atoms with Crippen molar-refractivity contribution in [2.24, 2.45) is 28.6 Å². The van der Waals surface area contributed by atoms with E-state index in [1.165, 1.54) is 6.08 Å². The average molecular weight is 320 g/mol. The number of aliphatic hydroxyl groups excluding tert-OH is 3. The highest BCUT2D eigenvalue weighted by molar-refractivity contribution is 5.95. The fourth-order valence-corrected chi connectivity index (χ4v) is 6.64. The van der Waals surface area contributed by atoms with Gasteiger partial charge in [-0.3, -0.25) is 4.79 Å². The first-order valence-corrected chi connectivity index (χ1v) is 9.07. The molecule has 4 aliphatic rings. The highest BCUT2D eigenvalue weighted by atomic mass is 16.3. The molecule has 0 aromatic rings. The van der Waals surface area contributed by atoms with Crippen molar-refractivity contribution in [2.75, 3.05) is 0 Å². The van der Waals surface area contributed by atoms with Gasteiger partial charge in [0.1, 0.15) is 6.10 Å². The monoisotopic (exact) mass is 320 g/mol. The van der Waals surface area contributed by atoms with Crippen molar-refractivity contribution in [1.82, 2.24) is 0 Å². The Morgan fingerprint density at radius 3 is 2.52 bits per heavy atom. The Morgan fingerprint density at radius 1 is 1.04 bits per heavy atom. The summed E-state index contributed by atoms with van der Waals surface area (Å²) in [6.07, 6.45) is 4.81. The first-order chi connectivity index (χ1) is 10.8. The van der Waals surface area contributed by atoms with Crippen LogP contribution < -0.4 is 0 Å². The van der Waals surface area contributed by atoms with Gasteiger partial charge in [0.15, 0.2) is 5.78 Å². The predicted molar refractivity (Wildman–Crippen MR) is 85.5 cm³/mol. The van der Waals surface area contributed by atoms with Crippen molar-refractivity contribution in [3.8, 4) is 0 Å². The van der Waals surface area contributed by atoms with E-state index in [0.717, 1.165) is 31.3 Å². The first-order valence-electron chi connectivity index (χ1n) is 9.07. The normalized spacial score (nSPS) is 55.7. The minimum Gasteiger partial charge on any atom is -0.393 e. The number of hydrogen-bond acceptors (Lipinski definition) is 4. The topological polar surface area (TPSA) is 77.8 Å². The van der Waals surface area contributed by atoms with Crippen LogP contribution >= 0.6 is 0 Å². The summed E-state index contributed by atoms with van der Waals surface area (Å²) in [5.74, 6) is 0.956. The number of rotatable bonds is 0. The van der Waals surface area contributed by atoms with Crippen LogP contribution in [0.25, 0.3) is 0 Å². The molecule has 0 aromatic heterocycles. The lowest BCUT2D eigenvalue weighted by atomic mass is 9.46. The van der Waals surface area contributed by atoms with Crippen molar-refractivity contribution < 1.29 is 20.1 Å². The van der Waals surface area contributed by atoms with Crippen molar-refractivity contribution in [2.45, 2.75) is 70.7 Å². The molecule has 0 aromatic carbocycles. The summed E-state index contributed by atoms with van der Waals surface area (Å²) < 4.78 is 0. The van der Waals surface area contributed by atoms with Crippen LogP contribution in [0, 0.1) is 28.6 Å². The molecule has 23 heavy (non-hydrogen) atoms. The second kappa shape index (κ2) is 4.90. The van der Waals surface area contributed by atoms with Crippen LogP contribution in [0.5, 0.6) is 0 Å². The third-order valence-electron chi connectivity index (χ3n) is 7.96. The predicted octanol–water partition coefficient (Wildman–Crippen LogP) is 1.82. The van der Waals surface area contributed by atoms with Crippen molar-refractivity contribution in [3.63, 3.8) is 0 Å². The molecule has 3 N–H and O–H groups in total. The van der Waals surface area contributed by atoms with Crippen LogP contribution in [0.4, 0.5) is 0 Å². The fraction of sp³-hybridized carbons (Fsp3) is 0.842. The molecule has 128 valence electrons. The van der Waals surface area contributed by atoms with Gasteiger partial charge in [-0.1, -0.05) is 13.8 Å². The molecule has 3 saturated carbocycles. The van der Waals surface area contributed by atoms with E-state index in [4.69, 9.17) is 0 Å². The molecule has 4 heteroatoms. The third-order valence-corrected chi connectivity index (χ3v) is 7.96. The summed E-state index contributed by atoms with van der Waals surface area (Å²) in [5, 5.41) is 31.3. The summed E-state index contributed by atoms with van der Waals surface area (Å²) >= 11 is 0. The Labute approximate surface area is 137 Å². The Kier molecular flexibility index (Phi) is 3.37. The van der Waals surface area contributed by atoms with Crippen molar-refractivity contribution in [3.05, 3.63) is 11.6 Å². The Balaban J connectivity index is 1.74. The fourth-order valence-electron chi connectivity index (χ4n) is 6.64. The van der Waals surface area contributed by atoms with E-state index in [9.17, 15) is 20.1 Å². The number of aliphatic hydroxyl groups is 3. The highest BCUT2D eigenvalue weighted by Gasteiger charge is 2.61. The highest BCUT2D eigenvalue weighted by Crippen LogP contribution is 2.65. The molecule has 4 rings (SSSR count). The standard InChI is InChI=1S/C19H28O4/c1-18-6-5-12-10(11(18)3-4-17(18)23)7-14(20)13-8-15(21)16(22)9-19(12,13)2/h8,10-12,14,16-17,20,22-23H,3-7,9H2,1-2H3/t10-,11-,12?,14+,16-,17-,18-,19+/m0/s1. The smallest absolute Gasteiger partial charge is 0.184 e. The van der Waals surface area contributed by atoms with Gasteiger partial charge in [0.05, 0.1) is 12.2 Å². The average Bonchev–Trinajstić information content (AvgIpc) is 2.78. The lowest BCUT2D eigenvalue weighted by molar-refractivity contribution is -0.132. The summed E-state index contributed by atoms with van der Waals surface area (Å²) in [7, 11) is 0. The Bertz CT molecular complexity index is 570. The van der Waals surface area contributed by atoms with E-state index in [0.29, 0.717) is 30.6 Å². The summed E-state index contributed by atoms with van der Waals surface area (Å²) in [5.41, 5.74) is 0.530. The second-order valence-electron chi connectivity index (χ2n) is 8.91.